The summed E-state index contributed by atoms with van der Waals surface area (Å²) in [5.74, 6) is 1.44. The number of ether oxygens (including phenoxy) is 1. The average molecular weight is 549 g/mol. The summed E-state index contributed by atoms with van der Waals surface area (Å²) in [5.41, 5.74) is 9.01. The minimum atomic E-state index is -0.250. The van der Waals surface area contributed by atoms with Crippen molar-refractivity contribution in [2.45, 2.75) is 38.1 Å². The monoisotopic (exact) mass is 548 g/mol. The van der Waals surface area contributed by atoms with Crippen LogP contribution in [-0.4, -0.2) is 82.4 Å². The average Bonchev–Trinajstić information content (AvgIpc) is 3.23. The summed E-state index contributed by atoms with van der Waals surface area (Å²) < 4.78 is 5.51. The zero-order valence-corrected chi connectivity index (χ0v) is 22.6. The van der Waals surface area contributed by atoms with Crippen molar-refractivity contribution in [3.8, 4) is 0 Å². The number of nitrogens with zero attached hydrogens (tertiary/aromatic N) is 7. The number of nitrogens with two attached hydrogens (primary N) is 1. The van der Waals surface area contributed by atoms with Gasteiger partial charge in [-0.15, -0.1) is 10.2 Å². The predicted molar refractivity (Wildman–Crippen MR) is 151 cm³/mol. The maximum atomic E-state index is 12.5. The van der Waals surface area contributed by atoms with Crippen molar-refractivity contribution in [2.75, 3.05) is 54.8 Å². The zero-order chi connectivity index (χ0) is 26.8. The topological polar surface area (TPSA) is 104 Å². The Morgan fingerprint density at radius 3 is 2.46 bits per heavy atom. The Hall–Kier alpha value is -3.63. The molecule has 2 N–H and O–H groups in total. The molecule has 2 atom stereocenters. The van der Waals surface area contributed by atoms with Gasteiger partial charge in [-0.1, -0.05) is 48.0 Å². The molecule has 10 nitrogen and oxygen atoms in total. The van der Waals surface area contributed by atoms with E-state index in [1.165, 1.54) is 0 Å². The molecule has 3 aromatic rings. The summed E-state index contributed by atoms with van der Waals surface area (Å²) in [7, 11) is 0. The van der Waals surface area contributed by atoms with E-state index in [1.807, 2.05) is 30.3 Å². The molecule has 11 heteroatoms. The van der Waals surface area contributed by atoms with Crippen LogP contribution in [0.25, 0.3) is 0 Å². The number of anilines is 3. The van der Waals surface area contributed by atoms with Crippen LogP contribution in [-0.2, 0) is 17.9 Å². The van der Waals surface area contributed by atoms with Gasteiger partial charge in [0.15, 0.2) is 11.0 Å². The Labute approximate surface area is 233 Å². The molecule has 2 bridgehead atoms. The minimum absolute atomic E-state index is 0.250. The maximum absolute atomic E-state index is 12.5. The summed E-state index contributed by atoms with van der Waals surface area (Å²) in [4.78, 5) is 26.5. The third kappa shape index (κ3) is 5.72. The Balaban J connectivity index is 1.04. The van der Waals surface area contributed by atoms with Gasteiger partial charge in [0.25, 0.3) is 0 Å². The molecule has 3 aliphatic heterocycles. The molecule has 5 heterocycles. The molecule has 6 rings (SSSR count). The van der Waals surface area contributed by atoms with E-state index in [1.54, 1.807) is 11.0 Å². The van der Waals surface area contributed by atoms with E-state index in [0.717, 1.165) is 68.3 Å². The first kappa shape index (κ1) is 25.6. The van der Waals surface area contributed by atoms with E-state index >= 15 is 0 Å². The number of piperazine rings is 2. The van der Waals surface area contributed by atoms with Crippen molar-refractivity contribution in [3.63, 3.8) is 0 Å². The van der Waals surface area contributed by atoms with Gasteiger partial charge in [0, 0.05) is 64.0 Å². The number of aromatic nitrogens is 3. The van der Waals surface area contributed by atoms with Crippen molar-refractivity contribution in [1.82, 2.24) is 25.0 Å². The number of halogens is 1. The first-order valence-corrected chi connectivity index (χ1v) is 13.9. The second kappa shape index (κ2) is 11.2. The smallest absolute Gasteiger partial charge is 0.410 e. The molecule has 0 radical (unpaired) electrons. The van der Waals surface area contributed by atoms with Crippen LogP contribution in [0.4, 0.5) is 22.1 Å². The Morgan fingerprint density at radius 1 is 0.974 bits per heavy atom. The van der Waals surface area contributed by atoms with Crippen LogP contribution in [0.5, 0.6) is 0 Å². The molecule has 0 spiro atoms. The van der Waals surface area contributed by atoms with Crippen LogP contribution in [0.1, 0.15) is 24.1 Å². The Bertz CT molecular complexity index is 1290. The largest absolute Gasteiger partial charge is 0.445 e. The predicted octanol–water partition coefficient (Wildman–Crippen LogP) is 3.42. The van der Waals surface area contributed by atoms with Crippen LogP contribution in [0, 0.1) is 0 Å². The molecule has 2 unspecified atom stereocenters. The molecule has 0 saturated carbocycles. The molecule has 2 aromatic heterocycles. The fourth-order valence-electron chi connectivity index (χ4n) is 5.92. The van der Waals surface area contributed by atoms with Crippen LogP contribution in [0.3, 0.4) is 0 Å². The van der Waals surface area contributed by atoms with Crippen LogP contribution in [0.2, 0.25) is 5.15 Å². The molecular formula is C28H33ClN8O2. The summed E-state index contributed by atoms with van der Waals surface area (Å²) >= 11 is 6.10. The second-order valence-electron chi connectivity index (χ2n) is 10.4. The molecule has 39 heavy (non-hydrogen) atoms. The molecule has 1 aromatic carbocycles. The Morgan fingerprint density at radius 2 is 1.72 bits per heavy atom. The SMILES string of the molecule is Nc1nnc(Cl)cc1N1CC2CCC(C1)N2c1cccc(CN2CCN(C(=O)OCc3ccccc3)CC2)n1. The van der Waals surface area contributed by atoms with Gasteiger partial charge < -0.3 is 25.2 Å². The van der Waals surface area contributed by atoms with E-state index < -0.39 is 0 Å². The molecule has 3 saturated heterocycles. The maximum Gasteiger partial charge on any atom is 0.410 e. The van der Waals surface area contributed by atoms with Crippen molar-refractivity contribution >= 4 is 35.0 Å². The number of hydrogen-bond donors (Lipinski definition) is 1. The van der Waals surface area contributed by atoms with Crippen molar-refractivity contribution < 1.29 is 9.53 Å². The van der Waals surface area contributed by atoms with Gasteiger partial charge in [0.05, 0.1) is 11.4 Å². The number of carbonyl (C=O) groups is 1. The summed E-state index contributed by atoms with van der Waals surface area (Å²) in [6.07, 6.45) is 1.98. The number of amides is 1. The normalized spacial score (nSPS) is 21.3. The number of carbonyl (C=O) groups excluding carboxylic acids is 1. The highest BCUT2D eigenvalue weighted by molar-refractivity contribution is 6.29. The second-order valence-corrected chi connectivity index (χ2v) is 10.8. The highest BCUT2D eigenvalue weighted by Gasteiger charge is 2.41. The van der Waals surface area contributed by atoms with Gasteiger partial charge in [0.2, 0.25) is 0 Å². The fraction of sp³-hybridized carbons (Fsp3) is 0.429. The number of pyridine rings is 1. The van der Waals surface area contributed by atoms with Crippen molar-refractivity contribution in [3.05, 3.63) is 71.0 Å². The quantitative estimate of drug-likeness (QED) is 0.496. The highest BCUT2D eigenvalue weighted by atomic mass is 35.5. The number of hydrogen-bond acceptors (Lipinski definition) is 9. The Kier molecular flexibility index (Phi) is 7.38. The van der Waals surface area contributed by atoms with Gasteiger partial charge >= 0.3 is 6.09 Å². The van der Waals surface area contributed by atoms with E-state index in [9.17, 15) is 4.79 Å². The lowest BCUT2D eigenvalue weighted by Crippen LogP contribution is -2.54. The van der Waals surface area contributed by atoms with Crippen LogP contribution >= 0.6 is 11.6 Å². The van der Waals surface area contributed by atoms with E-state index in [4.69, 9.17) is 27.1 Å². The molecule has 3 fully saturated rings. The van der Waals surface area contributed by atoms with Crippen LogP contribution in [0.15, 0.2) is 54.6 Å². The first-order valence-electron chi connectivity index (χ1n) is 13.5. The number of benzene rings is 1. The molecule has 1 amide bonds. The van der Waals surface area contributed by atoms with Gasteiger partial charge in [0.1, 0.15) is 12.4 Å². The lowest BCUT2D eigenvalue weighted by atomic mass is 10.1. The fourth-order valence-corrected chi connectivity index (χ4v) is 6.06. The lowest BCUT2D eigenvalue weighted by molar-refractivity contribution is 0.0698. The number of fused-ring (bicyclic) bond motifs is 2. The molecular weight excluding hydrogens is 516 g/mol. The third-order valence-electron chi connectivity index (χ3n) is 7.87. The van der Waals surface area contributed by atoms with E-state index in [-0.39, 0.29) is 6.09 Å². The lowest BCUT2D eigenvalue weighted by Gasteiger charge is -2.43. The molecule has 0 aliphatic carbocycles. The number of rotatable bonds is 6. The van der Waals surface area contributed by atoms with Gasteiger partial charge in [-0.05, 0) is 30.5 Å². The summed E-state index contributed by atoms with van der Waals surface area (Å²) in [6, 6.07) is 18.6. The third-order valence-corrected chi connectivity index (χ3v) is 8.06. The zero-order valence-electron chi connectivity index (χ0n) is 21.8. The standard InChI is InChI=1S/C28H33ClN8O2/c29-25-15-24(27(30)33-32-25)36-17-22-9-10-23(18-36)37(22)26-8-4-7-21(31-26)16-34-11-13-35(14-12-34)28(38)39-19-20-5-2-1-3-6-20/h1-8,15,22-23H,9-14,16-19H2,(H2,30,33). The van der Waals surface area contributed by atoms with E-state index in [2.05, 4.69) is 43.1 Å². The van der Waals surface area contributed by atoms with E-state index in [0.29, 0.717) is 42.8 Å². The minimum Gasteiger partial charge on any atom is -0.445 e. The van der Waals surface area contributed by atoms with Gasteiger partial charge in [-0.2, -0.15) is 0 Å². The molecule has 204 valence electrons. The summed E-state index contributed by atoms with van der Waals surface area (Å²) in [5, 5.41) is 8.21. The van der Waals surface area contributed by atoms with Crippen LogP contribution < -0.4 is 15.5 Å². The van der Waals surface area contributed by atoms with Crippen molar-refractivity contribution in [2.24, 2.45) is 0 Å². The first-order chi connectivity index (χ1) is 19.0. The van der Waals surface area contributed by atoms with Gasteiger partial charge in [-0.25, -0.2) is 9.78 Å². The molecule has 3 aliphatic rings. The van der Waals surface area contributed by atoms with Crippen molar-refractivity contribution in [1.29, 1.82) is 0 Å². The summed E-state index contributed by atoms with van der Waals surface area (Å²) in [6.45, 7) is 5.63. The van der Waals surface area contributed by atoms with Gasteiger partial charge in [-0.3, -0.25) is 4.90 Å². The number of nitrogen functional groups attached to an aromatic ring is 1. The highest BCUT2D eigenvalue weighted by Crippen LogP contribution is 2.37.